The van der Waals surface area contributed by atoms with Crippen molar-refractivity contribution in [2.75, 3.05) is 5.88 Å². The summed E-state index contributed by atoms with van der Waals surface area (Å²) in [7, 11) is 0. The first kappa shape index (κ1) is 10.0. The molecule has 0 aliphatic carbocycles. The molecule has 0 saturated carbocycles. The van der Waals surface area contributed by atoms with Crippen molar-refractivity contribution in [3.8, 4) is 0 Å². The molecule has 0 bridgehead atoms. The zero-order valence-corrected chi connectivity index (χ0v) is 6.95. The lowest BCUT2D eigenvalue weighted by molar-refractivity contribution is 0.154. The quantitative estimate of drug-likeness (QED) is 0.481. The van der Waals surface area contributed by atoms with Crippen LogP contribution in [0.2, 0.25) is 0 Å². The Bertz CT molecular complexity index is 150. The fourth-order valence-electron chi connectivity index (χ4n) is 0.227. The van der Waals surface area contributed by atoms with E-state index < -0.39 is 16.0 Å². The summed E-state index contributed by atoms with van der Waals surface area (Å²) < 4.78 is -1.83. The van der Waals surface area contributed by atoms with Crippen LogP contribution >= 0.6 is 34.8 Å². The van der Waals surface area contributed by atoms with Gasteiger partial charge >= 0.3 is 5.95 Å². The number of aliphatic hydroxyl groups excluding tert-OH is 2. The van der Waals surface area contributed by atoms with Crippen LogP contribution in [-0.2, 0) is 0 Å². The van der Waals surface area contributed by atoms with Crippen molar-refractivity contribution in [3.05, 3.63) is 11.7 Å². The van der Waals surface area contributed by atoms with E-state index in [-0.39, 0.29) is 5.88 Å². The summed E-state index contributed by atoms with van der Waals surface area (Å²) in [5.41, 5.74) is 0. The molecular weight excluding hydrogens is 202 g/mol. The van der Waals surface area contributed by atoms with Gasteiger partial charge in [0, 0.05) is 0 Å². The van der Waals surface area contributed by atoms with Gasteiger partial charge in [-0.3, -0.25) is 0 Å². The van der Waals surface area contributed by atoms with Gasteiger partial charge in [0.05, 0.1) is 5.88 Å². The maximum Gasteiger partial charge on any atom is 0.317 e. The molecule has 60 valence electrons. The van der Waals surface area contributed by atoms with E-state index in [1.165, 1.54) is 0 Å². The Morgan fingerprint density at radius 2 is 1.60 bits per heavy atom. The second kappa shape index (κ2) is 3.42. The third-order valence-corrected chi connectivity index (χ3v) is 2.03. The highest BCUT2D eigenvalue weighted by molar-refractivity contribution is 6.53. The van der Waals surface area contributed by atoms with Crippen molar-refractivity contribution in [2.45, 2.75) is 4.33 Å². The normalized spacial score (nSPS) is 11.1. The lowest BCUT2D eigenvalue weighted by Gasteiger charge is -2.13. The van der Waals surface area contributed by atoms with Crippen LogP contribution in [0.15, 0.2) is 11.7 Å². The predicted molar refractivity (Wildman–Crippen MR) is 40.1 cm³/mol. The molecule has 0 fully saturated rings. The third-order valence-electron chi connectivity index (χ3n) is 0.726. The largest absolute Gasteiger partial charge is 0.503 e. The zero-order valence-electron chi connectivity index (χ0n) is 4.68. The summed E-state index contributed by atoms with van der Waals surface area (Å²) in [4.78, 5) is 0. The van der Waals surface area contributed by atoms with Gasteiger partial charge in [-0.15, -0.1) is 11.6 Å². The molecule has 0 aliphatic heterocycles. The van der Waals surface area contributed by atoms with Crippen LogP contribution in [0.25, 0.3) is 0 Å². The average molecular weight is 207 g/mol. The Kier molecular flexibility index (Phi) is 3.42. The standard InChI is InChI=1S/C4H5Cl3O3/c5-1-4(6,7)2(8)3(9)10/h8-10H,1H2. The maximum absolute atomic E-state index is 8.69. The first-order valence-electron chi connectivity index (χ1n) is 2.17. The lowest BCUT2D eigenvalue weighted by atomic mass is 10.4. The number of hydrogen-bond acceptors (Lipinski definition) is 3. The van der Waals surface area contributed by atoms with E-state index >= 15 is 0 Å². The lowest BCUT2D eigenvalue weighted by Crippen LogP contribution is -2.20. The van der Waals surface area contributed by atoms with Crippen molar-refractivity contribution >= 4 is 34.8 Å². The van der Waals surface area contributed by atoms with Crippen molar-refractivity contribution in [1.82, 2.24) is 0 Å². The van der Waals surface area contributed by atoms with Gasteiger partial charge in [0.25, 0.3) is 0 Å². The first-order valence-corrected chi connectivity index (χ1v) is 3.46. The molecule has 0 radical (unpaired) electrons. The summed E-state index contributed by atoms with van der Waals surface area (Å²) in [5.74, 6) is -2.62. The Morgan fingerprint density at radius 3 is 1.70 bits per heavy atom. The maximum atomic E-state index is 8.69. The fourth-order valence-corrected chi connectivity index (χ4v) is 0.522. The van der Waals surface area contributed by atoms with E-state index in [2.05, 4.69) is 0 Å². The van der Waals surface area contributed by atoms with Gasteiger partial charge in [-0.1, -0.05) is 23.2 Å². The summed E-state index contributed by atoms with van der Waals surface area (Å²) in [6.07, 6.45) is 0. The Balaban J connectivity index is 4.49. The summed E-state index contributed by atoms with van der Waals surface area (Å²) >= 11 is 15.7. The molecule has 3 N–H and O–H groups in total. The number of hydrogen-bond donors (Lipinski definition) is 3. The predicted octanol–water partition coefficient (Wildman–Crippen LogP) is 2.24. The minimum atomic E-state index is -1.83. The molecule has 6 heteroatoms. The van der Waals surface area contributed by atoms with E-state index in [4.69, 9.17) is 50.1 Å². The van der Waals surface area contributed by atoms with Crippen LogP contribution in [0.1, 0.15) is 0 Å². The highest BCUT2D eigenvalue weighted by Gasteiger charge is 2.31. The molecule has 0 saturated heterocycles. The minimum absolute atomic E-state index is 0.341. The highest BCUT2D eigenvalue weighted by Crippen LogP contribution is 2.30. The summed E-state index contributed by atoms with van der Waals surface area (Å²) in [6, 6.07) is 0. The molecule has 0 atom stereocenters. The minimum Gasteiger partial charge on any atom is -0.503 e. The van der Waals surface area contributed by atoms with E-state index in [1.807, 2.05) is 0 Å². The molecule has 0 aromatic carbocycles. The van der Waals surface area contributed by atoms with E-state index in [1.54, 1.807) is 0 Å². The topological polar surface area (TPSA) is 60.7 Å². The molecule has 0 aromatic rings. The van der Waals surface area contributed by atoms with Crippen LogP contribution in [0.3, 0.4) is 0 Å². The number of alkyl halides is 3. The monoisotopic (exact) mass is 206 g/mol. The van der Waals surface area contributed by atoms with Gasteiger partial charge < -0.3 is 15.3 Å². The molecule has 10 heavy (non-hydrogen) atoms. The fraction of sp³-hybridized carbons (Fsp3) is 0.500. The van der Waals surface area contributed by atoms with Gasteiger partial charge in [0.15, 0.2) is 4.33 Å². The second-order valence-corrected chi connectivity index (χ2v) is 3.26. The average Bonchev–Trinajstić information content (AvgIpc) is 1.86. The van der Waals surface area contributed by atoms with Crippen molar-refractivity contribution < 1.29 is 15.3 Å². The molecular formula is C4H5Cl3O3. The van der Waals surface area contributed by atoms with Crippen molar-refractivity contribution in [1.29, 1.82) is 0 Å². The number of aliphatic hydroxyl groups is 3. The van der Waals surface area contributed by atoms with Crippen LogP contribution in [0.4, 0.5) is 0 Å². The van der Waals surface area contributed by atoms with Crippen LogP contribution < -0.4 is 0 Å². The molecule has 0 aliphatic rings. The molecule has 0 spiro atoms. The van der Waals surface area contributed by atoms with Crippen LogP contribution in [-0.4, -0.2) is 25.5 Å². The van der Waals surface area contributed by atoms with Gasteiger partial charge in [0.2, 0.25) is 5.76 Å². The van der Waals surface area contributed by atoms with Gasteiger partial charge in [-0.05, 0) is 0 Å². The molecule has 0 unspecified atom stereocenters. The third kappa shape index (κ3) is 2.33. The Hall–Kier alpha value is 0.01000. The number of halogens is 3. The number of allylic oxidation sites excluding steroid dienone is 1. The SMILES string of the molecule is OC(O)=C(O)C(Cl)(Cl)CCl. The van der Waals surface area contributed by atoms with E-state index in [9.17, 15) is 0 Å². The van der Waals surface area contributed by atoms with Gasteiger partial charge in [-0.25, -0.2) is 0 Å². The second-order valence-electron chi connectivity index (χ2n) is 1.51. The summed E-state index contributed by atoms with van der Waals surface area (Å²) in [5, 5.41) is 25.2. The first-order chi connectivity index (χ1) is 4.41. The van der Waals surface area contributed by atoms with Gasteiger partial charge in [0.1, 0.15) is 0 Å². The molecule has 3 nitrogen and oxygen atoms in total. The smallest absolute Gasteiger partial charge is 0.317 e. The summed E-state index contributed by atoms with van der Waals surface area (Å²) in [6.45, 7) is 0. The Labute approximate surface area is 72.4 Å². The molecule has 0 amide bonds. The Morgan fingerprint density at radius 1 is 1.20 bits per heavy atom. The number of rotatable bonds is 2. The molecule has 0 heterocycles. The van der Waals surface area contributed by atoms with Gasteiger partial charge in [-0.2, -0.15) is 0 Å². The van der Waals surface area contributed by atoms with Crippen molar-refractivity contribution in [3.63, 3.8) is 0 Å². The van der Waals surface area contributed by atoms with Crippen molar-refractivity contribution in [2.24, 2.45) is 0 Å². The van der Waals surface area contributed by atoms with E-state index in [0.29, 0.717) is 0 Å². The molecule has 0 aromatic heterocycles. The molecule has 0 rings (SSSR count). The van der Waals surface area contributed by atoms with E-state index in [0.717, 1.165) is 0 Å². The van der Waals surface area contributed by atoms with Crippen LogP contribution in [0, 0.1) is 0 Å². The highest BCUT2D eigenvalue weighted by atomic mass is 35.5. The zero-order chi connectivity index (χ0) is 8.36. The van der Waals surface area contributed by atoms with Crippen LogP contribution in [0.5, 0.6) is 0 Å².